The average molecular weight is 326 g/mol. The monoisotopic (exact) mass is 326 g/mol. The zero-order valence-corrected chi connectivity index (χ0v) is 12.1. The van der Waals surface area contributed by atoms with Crippen LogP contribution in [0.2, 0.25) is 0 Å². The van der Waals surface area contributed by atoms with Gasteiger partial charge in [-0.15, -0.1) is 0 Å². The van der Waals surface area contributed by atoms with Crippen molar-refractivity contribution in [1.29, 1.82) is 0 Å². The van der Waals surface area contributed by atoms with Crippen LogP contribution in [0.25, 0.3) is 0 Å². The summed E-state index contributed by atoms with van der Waals surface area (Å²) >= 11 is 0. The van der Waals surface area contributed by atoms with Crippen LogP contribution in [-0.2, 0) is 28.7 Å². The fraction of sp³-hybridized carbons (Fsp3) is 0.267. The van der Waals surface area contributed by atoms with E-state index in [1.807, 2.05) is 0 Å². The van der Waals surface area contributed by atoms with E-state index in [1.165, 1.54) is 7.11 Å². The van der Waals surface area contributed by atoms with E-state index in [-0.39, 0.29) is 18.9 Å². The third kappa shape index (κ3) is 4.67. The van der Waals surface area contributed by atoms with Gasteiger partial charge in [-0.1, -0.05) is 24.3 Å². The first-order chi connectivity index (χ1) is 10.9. The number of alkyl halides is 3. The Bertz CT molecular complexity index is 672. The molecule has 0 unspecified atom stereocenters. The highest BCUT2D eigenvalue weighted by molar-refractivity contribution is 5.72. The number of carbonyl (C=O) groups is 1. The largest absolute Gasteiger partial charge is 0.472 e. The summed E-state index contributed by atoms with van der Waals surface area (Å²) in [6, 6.07) is 7.02. The molecule has 0 aliphatic rings. The predicted molar refractivity (Wildman–Crippen MR) is 73.5 cm³/mol. The van der Waals surface area contributed by atoms with Gasteiger partial charge in [0.15, 0.2) is 5.69 Å². The molecule has 0 bridgehead atoms. The van der Waals surface area contributed by atoms with Gasteiger partial charge in [0, 0.05) is 0 Å². The molecule has 0 spiro atoms. The maximum absolute atomic E-state index is 12.4. The number of hydrogen-bond acceptors (Lipinski definition) is 5. The standard InChI is InChI=1S/C15H13F3N2O3/c1-22-14(21)6-10-4-2-3-5-11(10)9-23-13-8-19-12(7-20-13)15(16,17)18/h2-5,7-8H,6,9H2,1H3. The van der Waals surface area contributed by atoms with Crippen LogP contribution in [0.3, 0.4) is 0 Å². The molecule has 0 aliphatic carbocycles. The molecule has 1 aromatic heterocycles. The van der Waals surface area contributed by atoms with E-state index in [9.17, 15) is 18.0 Å². The second-order valence-corrected chi connectivity index (χ2v) is 4.55. The number of aromatic nitrogens is 2. The minimum Gasteiger partial charge on any atom is -0.472 e. The number of nitrogens with zero attached hydrogens (tertiary/aromatic N) is 2. The molecule has 0 N–H and O–H groups in total. The summed E-state index contributed by atoms with van der Waals surface area (Å²) < 4.78 is 47.1. The van der Waals surface area contributed by atoms with Gasteiger partial charge in [-0.25, -0.2) is 9.97 Å². The number of hydrogen-bond donors (Lipinski definition) is 0. The third-order valence-electron chi connectivity index (χ3n) is 2.97. The van der Waals surface area contributed by atoms with Crippen LogP contribution in [0.1, 0.15) is 16.8 Å². The highest BCUT2D eigenvalue weighted by atomic mass is 19.4. The lowest BCUT2D eigenvalue weighted by molar-refractivity contribution is -0.141. The van der Waals surface area contributed by atoms with Gasteiger partial charge in [-0.2, -0.15) is 13.2 Å². The zero-order chi connectivity index (χ0) is 16.9. The topological polar surface area (TPSA) is 61.3 Å². The quantitative estimate of drug-likeness (QED) is 0.791. The highest BCUT2D eigenvalue weighted by Crippen LogP contribution is 2.27. The molecule has 0 fully saturated rings. The summed E-state index contributed by atoms with van der Waals surface area (Å²) in [7, 11) is 1.29. The molecule has 2 aromatic rings. The molecule has 5 nitrogen and oxygen atoms in total. The Balaban J connectivity index is 2.05. The fourth-order valence-electron chi connectivity index (χ4n) is 1.79. The summed E-state index contributed by atoms with van der Waals surface area (Å²) in [4.78, 5) is 18.2. The number of ether oxygens (including phenoxy) is 2. The van der Waals surface area contributed by atoms with E-state index in [0.29, 0.717) is 17.3 Å². The van der Waals surface area contributed by atoms with Crippen molar-refractivity contribution in [2.75, 3.05) is 7.11 Å². The second-order valence-electron chi connectivity index (χ2n) is 4.55. The van der Waals surface area contributed by atoms with Crippen molar-refractivity contribution in [2.45, 2.75) is 19.2 Å². The van der Waals surface area contributed by atoms with Gasteiger partial charge >= 0.3 is 12.1 Å². The van der Waals surface area contributed by atoms with E-state index < -0.39 is 17.8 Å². The number of carbonyl (C=O) groups excluding carboxylic acids is 1. The van der Waals surface area contributed by atoms with Crippen molar-refractivity contribution in [3.8, 4) is 5.88 Å². The van der Waals surface area contributed by atoms with Gasteiger partial charge in [0.05, 0.1) is 25.9 Å². The number of halogens is 3. The molecule has 2 rings (SSSR count). The van der Waals surface area contributed by atoms with Gasteiger partial charge < -0.3 is 9.47 Å². The zero-order valence-electron chi connectivity index (χ0n) is 12.1. The Morgan fingerprint density at radius 2 is 1.83 bits per heavy atom. The Morgan fingerprint density at radius 1 is 1.13 bits per heavy atom. The van der Waals surface area contributed by atoms with Crippen LogP contribution in [-0.4, -0.2) is 23.0 Å². The van der Waals surface area contributed by atoms with Gasteiger partial charge in [-0.05, 0) is 11.1 Å². The summed E-state index contributed by atoms with van der Waals surface area (Å²) in [5.41, 5.74) is 0.328. The van der Waals surface area contributed by atoms with Crippen LogP contribution < -0.4 is 4.74 Å². The molecule has 0 radical (unpaired) electrons. The third-order valence-corrected chi connectivity index (χ3v) is 2.97. The lowest BCUT2D eigenvalue weighted by Gasteiger charge is -2.10. The molecule has 0 amide bonds. The van der Waals surface area contributed by atoms with Gasteiger partial charge in [0.2, 0.25) is 5.88 Å². The van der Waals surface area contributed by atoms with Gasteiger partial charge in [0.25, 0.3) is 0 Å². The van der Waals surface area contributed by atoms with E-state index >= 15 is 0 Å². The Kier molecular flexibility index (Phi) is 5.15. The Hall–Kier alpha value is -2.64. The van der Waals surface area contributed by atoms with Crippen molar-refractivity contribution < 1.29 is 27.4 Å². The van der Waals surface area contributed by atoms with Gasteiger partial charge in [-0.3, -0.25) is 4.79 Å². The van der Waals surface area contributed by atoms with Crippen LogP contribution in [0.4, 0.5) is 13.2 Å². The first-order valence-corrected chi connectivity index (χ1v) is 6.56. The molecule has 23 heavy (non-hydrogen) atoms. The first-order valence-electron chi connectivity index (χ1n) is 6.56. The molecule has 0 aliphatic heterocycles. The van der Waals surface area contributed by atoms with Crippen LogP contribution in [0.15, 0.2) is 36.7 Å². The summed E-state index contributed by atoms with van der Waals surface area (Å²) in [5.74, 6) is -0.433. The minimum absolute atomic E-state index is 0.0362. The SMILES string of the molecule is COC(=O)Cc1ccccc1COc1cnc(C(F)(F)F)cn1. The van der Waals surface area contributed by atoms with Crippen molar-refractivity contribution in [3.63, 3.8) is 0 Å². The smallest absolute Gasteiger partial charge is 0.434 e. The molecule has 1 aromatic carbocycles. The molecular weight excluding hydrogens is 313 g/mol. The second kappa shape index (κ2) is 7.08. The van der Waals surface area contributed by atoms with Crippen LogP contribution >= 0.6 is 0 Å². The van der Waals surface area contributed by atoms with Crippen molar-refractivity contribution in [1.82, 2.24) is 9.97 Å². The van der Waals surface area contributed by atoms with E-state index in [4.69, 9.17) is 4.74 Å². The Morgan fingerprint density at radius 3 is 2.39 bits per heavy atom. The van der Waals surface area contributed by atoms with E-state index in [2.05, 4.69) is 14.7 Å². The molecule has 0 saturated carbocycles. The predicted octanol–water partition coefficient (Wildman–Crippen LogP) is 2.79. The fourth-order valence-corrected chi connectivity index (χ4v) is 1.79. The molecule has 1 heterocycles. The first kappa shape index (κ1) is 16.7. The van der Waals surface area contributed by atoms with Crippen LogP contribution in [0, 0.1) is 0 Å². The molecule has 0 atom stereocenters. The normalized spacial score (nSPS) is 11.1. The molecule has 8 heteroatoms. The van der Waals surface area contributed by atoms with Crippen molar-refractivity contribution in [3.05, 3.63) is 53.5 Å². The lowest BCUT2D eigenvalue weighted by atomic mass is 10.1. The van der Waals surface area contributed by atoms with E-state index in [1.54, 1.807) is 24.3 Å². The molecular formula is C15H13F3N2O3. The van der Waals surface area contributed by atoms with E-state index in [0.717, 1.165) is 6.20 Å². The highest BCUT2D eigenvalue weighted by Gasteiger charge is 2.32. The lowest BCUT2D eigenvalue weighted by Crippen LogP contribution is -2.10. The van der Waals surface area contributed by atoms with Crippen molar-refractivity contribution in [2.24, 2.45) is 0 Å². The maximum atomic E-state index is 12.4. The molecule has 0 saturated heterocycles. The number of benzene rings is 1. The summed E-state index contributed by atoms with van der Waals surface area (Å²) in [6.07, 6.45) is -2.95. The number of esters is 1. The average Bonchev–Trinajstić information content (AvgIpc) is 2.53. The van der Waals surface area contributed by atoms with Gasteiger partial charge in [0.1, 0.15) is 6.61 Å². The number of rotatable bonds is 5. The van der Waals surface area contributed by atoms with Crippen LogP contribution in [0.5, 0.6) is 5.88 Å². The summed E-state index contributed by atoms with van der Waals surface area (Å²) in [6.45, 7) is 0.0488. The van der Waals surface area contributed by atoms with Crippen molar-refractivity contribution >= 4 is 5.97 Å². The Labute approximate surface area is 130 Å². The molecule has 122 valence electrons. The minimum atomic E-state index is -4.54. The maximum Gasteiger partial charge on any atom is 0.434 e. The summed E-state index contributed by atoms with van der Waals surface area (Å²) in [5, 5.41) is 0. The number of methoxy groups -OCH3 is 1.